The first kappa shape index (κ1) is 29.3. The summed E-state index contributed by atoms with van der Waals surface area (Å²) in [7, 11) is 2.15. The summed E-state index contributed by atoms with van der Waals surface area (Å²) in [4.78, 5) is 31.9. The molecule has 9 nitrogen and oxygen atoms in total. The standard InChI is InChI=1S/C32H37ClN8O/c1-4-13-35-14-12-29(34)22-6-11-26(28(33)20-22)27-19-23-21-36-32(38-30(23)41(5-2)31(27)42)37-24-7-9-25(10-8-24)40-17-15-39(3)16-18-40/h6-12,14,19-21H,4-5,13,15-18,34H2,1-3H3,(H,36,37,38)/b29-12-,35-14?. The summed E-state index contributed by atoms with van der Waals surface area (Å²) in [6.45, 7) is 9.34. The Morgan fingerprint density at radius 1 is 1.07 bits per heavy atom. The number of benzene rings is 2. The van der Waals surface area contributed by atoms with Crippen molar-refractivity contribution in [1.29, 1.82) is 0 Å². The molecule has 4 aromatic rings. The molecular formula is C32H37ClN8O. The van der Waals surface area contributed by atoms with Crippen LogP contribution in [0.2, 0.25) is 5.02 Å². The van der Waals surface area contributed by atoms with E-state index in [1.54, 1.807) is 35.2 Å². The lowest BCUT2D eigenvalue weighted by Crippen LogP contribution is -2.44. The second-order valence-corrected chi connectivity index (χ2v) is 10.8. The summed E-state index contributed by atoms with van der Waals surface area (Å²) in [6.07, 6.45) is 6.17. The van der Waals surface area contributed by atoms with Gasteiger partial charge in [-0.25, -0.2) is 4.98 Å². The Kier molecular flexibility index (Phi) is 9.19. The molecule has 42 heavy (non-hydrogen) atoms. The van der Waals surface area contributed by atoms with E-state index < -0.39 is 0 Å². The number of nitrogens with one attached hydrogen (secondary N) is 1. The molecule has 1 fully saturated rings. The first-order valence-corrected chi connectivity index (χ1v) is 14.7. The van der Waals surface area contributed by atoms with Crippen LogP contribution in [0, 0.1) is 0 Å². The van der Waals surface area contributed by atoms with Crippen molar-refractivity contribution in [1.82, 2.24) is 19.4 Å². The van der Waals surface area contributed by atoms with Gasteiger partial charge in [-0.1, -0.05) is 30.7 Å². The number of pyridine rings is 1. The molecule has 1 aliphatic heterocycles. The summed E-state index contributed by atoms with van der Waals surface area (Å²) >= 11 is 6.68. The van der Waals surface area contributed by atoms with E-state index in [2.05, 4.69) is 51.2 Å². The summed E-state index contributed by atoms with van der Waals surface area (Å²) in [5.41, 5.74) is 11.1. The number of fused-ring (bicyclic) bond motifs is 1. The smallest absolute Gasteiger partial charge is 0.260 e. The van der Waals surface area contributed by atoms with Crippen LogP contribution >= 0.6 is 11.6 Å². The van der Waals surface area contributed by atoms with E-state index in [0.717, 1.165) is 55.8 Å². The normalized spacial score (nSPS) is 14.7. The van der Waals surface area contributed by atoms with E-state index in [1.807, 2.05) is 31.2 Å². The number of nitrogens with zero attached hydrogens (tertiary/aromatic N) is 6. The van der Waals surface area contributed by atoms with E-state index in [4.69, 9.17) is 22.3 Å². The Bertz CT molecular complexity index is 1670. The minimum Gasteiger partial charge on any atom is -0.398 e. The minimum absolute atomic E-state index is 0.170. The maximum absolute atomic E-state index is 13.6. The van der Waals surface area contributed by atoms with E-state index in [1.165, 1.54) is 5.69 Å². The molecule has 2 aromatic carbocycles. The number of hydrogen-bond acceptors (Lipinski definition) is 8. The number of rotatable bonds is 9. The van der Waals surface area contributed by atoms with Crippen molar-refractivity contribution in [2.45, 2.75) is 26.8 Å². The lowest BCUT2D eigenvalue weighted by Gasteiger charge is -2.34. The van der Waals surface area contributed by atoms with Gasteiger partial charge in [0.2, 0.25) is 5.95 Å². The molecule has 10 heteroatoms. The highest BCUT2D eigenvalue weighted by Crippen LogP contribution is 2.30. The van der Waals surface area contributed by atoms with Crippen LogP contribution in [-0.2, 0) is 6.54 Å². The van der Waals surface area contributed by atoms with Gasteiger partial charge in [-0.2, -0.15) is 4.98 Å². The first-order chi connectivity index (χ1) is 20.4. The summed E-state index contributed by atoms with van der Waals surface area (Å²) in [6, 6.07) is 15.5. The van der Waals surface area contributed by atoms with Crippen molar-refractivity contribution in [3.05, 3.63) is 81.7 Å². The van der Waals surface area contributed by atoms with E-state index >= 15 is 0 Å². The molecule has 2 aromatic heterocycles. The van der Waals surface area contributed by atoms with Gasteiger partial charge in [0.1, 0.15) is 5.65 Å². The summed E-state index contributed by atoms with van der Waals surface area (Å²) < 4.78 is 1.65. The van der Waals surface area contributed by atoms with Crippen LogP contribution in [-0.4, -0.2) is 65.4 Å². The third kappa shape index (κ3) is 6.48. The Morgan fingerprint density at radius 3 is 2.52 bits per heavy atom. The molecule has 0 bridgehead atoms. The fourth-order valence-electron chi connectivity index (χ4n) is 5.00. The van der Waals surface area contributed by atoms with Gasteiger partial charge < -0.3 is 20.9 Å². The molecule has 1 saturated heterocycles. The van der Waals surface area contributed by atoms with Gasteiger partial charge in [-0.05, 0) is 68.4 Å². The number of anilines is 3. The van der Waals surface area contributed by atoms with Gasteiger partial charge in [0.15, 0.2) is 0 Å². The van der Waals surface area contributed by atoms with E-state index in [-0.39, 0.29) is 5.56 Å². The highest BCUT2D eigenvalue weighted by atomic mass is 35.5. The van der Waals surface area contributed by atoms with Crippen LogP contribution < -0.4 is 21.5 Å². The Morgan fingerprint density at radius 2 is 1.83 bits per heavy atom. The van der Waals surface area contributed by atoms with E-state index in [9.17, 15) is 4.79 Å². The number of likely N-dealkylation sites (N-methyl/N-ethyl adjacent to an activating group) is 1. The predicted octanol–water partition coefficient (Wildman–Crippen LogP) is 5.41. The van der Waals surface area contributed by atoms with Crippen LogP contribution in [0.15, 0.2) is 70.6 Å². The zero-order chi connectivity index (χ0) is 29.6. The van der Waals surface area contributed by atoms with Crippen molar-refractivity contribution in [3.8, 4) is 11.1 Å². The third-order valence-corrected chi connectivity index (χ3v) is 7.75. The number of aromatic nitrogens is 3. The third-order valence-electron chi connectivity index (χ3n) is 7.44. The van der Waals surface area contributed by atoms with Crippen LogP contribution in [0.1, 0.15) is 25.8 Å². The molecule has 0 atom stereocenters. The highest BCUT2D eigenvalue weighted by molar-refractivity contribution is 6.33. The molecule has 0 spiro atoms. The highest BCUT2D eigenvalue weighted by Gasteiger charge is 2.17. The van der Waals surface area contributed by atoms with Crippen LogP contribution in [0.25, 0.3) is 27.9 Å². The largest absolute Gasteiger partial charge is 0.398 e. The molecule has 0 radical (unpaired) electrons. The number of aryl methyl sites for hydroxylation is 1. The molecule has 0 unspecified atom stereocenters. The molecule has 3 N–H and O–H groups in total. The Labute approximate surface area is 251 Å². The number of hydrogen-bond donors (Lipinski definition) is 2. The van der Waals surface area contributed by atoms with Gasteiger partial charge >= 0.3 is 0 Å². The lowest BCUT2D eigenvalue weighted by molar-refractivity contribution is 0.313. The van der Waals surface area contributed by atoms with Crippen molar-refractivity contribution in [2.75, 3.05) is 50.0 Å². The molecular weight excluding hydrogens is 548 g/mol. The molecule has 0 amide bonds. The average molecular weight is 585 g/mol. The number of allylic oxidation sites excluding steroid dienone is 1. The molecule has 218 valence electrons. The lowest BCUT2D eigenvalue weighted by atomic mass is 10.0. The molecule has 5 rings (SSSR count). The number of halogens is 1. The Balaban J connectivity index is 1.40. The number of aliphatic imine (C=N–C) groups is 1. The van der Waals surface area contributed by atoms with E-state index in [0.29, 0.717) is 40.0 Å². The van der Waals surface area contributed by atoms with Gasteiger partial charge in [-0.15, -0.1) is 0 Å². The molecule has 3 heterocycles. The van der Waals surface area contributed by atoms with Gasteiger partial charge in [0, 0.05) is 90.3 Å². The Hall–Kier alpha value is -4.21. The fraction of sp³-hybridized carbons (Fsp3) is 0.312. The maximum Gasteiger partial charge on any atom is 0.260 e. The van der Waals surface area contributed by atoms with Crippen molar-refractivity contribution in [2.24, 2.45) is 10.7 Å². The summed E-state index contributed by atoms with van der Waals surface area (Å²) in [5.74, 6) is 0.427. The predicted molar refractivity (Wildman–Crippen MR) is 175 cm³/mol. The molecule has 1 aliphatic rings. The van der Waals surface area contributed by atoms with Gasteiger partial charge in [0.05, 0.1) is 0 Å². The van der Waals surface area contributed by atoms with Crippen molar-refractivity contribution in [3.63, 3.8) is 0 Å². The van der Waals surface area contributed by atoms with Gasteiger partial charge in [-0.3, -0.25) is 14.4 Å². The second kappa shape index (κ2) is 13.2. The van der Waals surface area contributed by atoms with Crippen molar-refractivity contribution < 1.29 is 0 Å². The average Bonchev–Trinajstić information content (AvgIpc) is 3.00. The van der Waals surface area contributed by atoms with Crippen molar-refractivity contribution >= 4 is 51.9 Å². The second-order valence-electron chi connectivity index (χ2n) is 10.4. The molecule has 0 aliphatic carbocycles. The zero-order valence-electron chi connectivity index (χ0n) is 24.3. The quantitative estimate of drug-likeness (QED) is 0.254. The van der Waals surface area contributed by atoms with Crippen LogP contribution in [0.3, 0.4) is 0 Å². The minimum atomic E-state index is -0.170. The topological polar surface area (TPSA) is 105 Å². The molecule has 0 saturated carbocycles. The SMILES string of the molecule is CCCN=C/C=C(\N)c1ccc(-c2cc3cnc(Nc4ccc(N5CCN(C)CC5)cc4)nc3n(CC)c2=O)c(Cl)c1. The number of piperazine rings is 1. The van der Waals surface area contributed by atoms with Crippen LogP contribution in [0.4, 0.5) is 17.3 Å². The number of nitrogens with two attached hydrogens (primary N) is 1. The van der Waals surface area contributed by atoms with Gasteiger partial charge in [0.25, 0.3) is 5.56 Å². The van der Waals surface area contributed by atoms with Crippen LogP contribution in [0.5, 0.6) is 0 Å². The zero-order valence-corrected chi connectivity index (χ0v) is 25.1. The first-order valence-electron chi connectivity index (χ1n) is 14.3. The fourth-order valence-corrected chi connectivity index (χ4v) is 5.28. The maximum atomic E-state index is 13.6. The summed E-state index contributed by atoms with van der Waals surface area (Å²) in [5, 5.41) is 4.47. The monoisotopic (exact) mass is 584 g/mol.